The number of alkyl halides is 3. The monoisotopic (exact) mass is 432 g/mol. The predicted octanol–water partition coefficient (Wildman–Crippen LogP) is 5.40. The number of aromatic nitrogens is 1. The molecule has 0 amide bonds. The molecule has 0 unspecified atom stereocenters. The van der Waals surface area contributed by atoms with Crippen LogP contribution in [0.4, 0.5) is 23.2 Å². The molecule has 0 spiro atoms. The molecule has 1 aromatic heterocycles. The highest BCUT2D eigenvalue weighted by molar-refractivity contribution is 6.33. The minimum Gasteiger partial charge on any atom is -0.496 e. The van der Waals surface area contributed by atoms with E-state index in [0.29, 0.717) is 16.3 Å². The summed E-state index contributed by atoms with van der Waals surface area (Å²) in [5.41, 5.74) is 1.70. The van der Waals surface area contributed by atoms with Gasteiger partial charge in [0.1, 0.15) is 17.9 Å². The van der Waals surface area contributed by atoms with Gasteiger partial charge in [0.05, 0.1) is 24.2 Å². The van der Waals surface area contributed by atoms with Crippen LogP contribution in [0.3, 0.4) is 0 Å². The molecule has 0 bridgehead atoms. The predicted molar refractivity (Wildman–Crippen MR) is 103 cm³/mol. The molecule has 1 fully saturated rings. The number of piperidine rings is 1. The second kappa shape index (κ2) is 10.4. The van der Waals surface area contributed by atoms with Gasteiger partial charge in [-0.15, -0.1) is 0 Å². The molecule has 0 aliphatic carbocycles. The minimum absolute atomic E-state index is 0.167. The first-order valence-electron chi connectivity index (χ1n) is 8.94. The number of aldehydes is 1. The molecule has 1 saturated heterocycles. The van der Waals surface area contributed by atoms with Gasteiger partial charge in [-0.3, -0.25) is 4.98 Å². The second-order valence-corrected chi connectivity index (χ2v) is 6.84. The van der Waals surface area contributed by atoms with E-state index < -0.39 is 12.6 Å². The van der Waals surface area contributed by atoms with E-state index in [0.717, 1.165) is 31.6 Å². The summed E-state index contributed by atoms with van der Waals surface area (Å²) in [5.74, 6) is 0.633. The van der Waals surface area contributed by atoms with Crippen molar-refractivity contribution < 1.29 is 27.1 Å². The van der Waals surface area contributed by atoms with Gasteiger partial charge in [0, 0.05) is 31.0 Å². The van der Waals surface area contributed by atoms with Gasteiger partial charge in [0.2, 0.25) is 0 Å². The maximum atomic E-state index is 14.2. The van der Waals surface area contributed by atoms with Gasteiger partial charge in [-0.2, -0.15) is 13.2 Å². The topological polar surface area (TPSA) is 42.4 Å². The van der Waals surface area contributed by atoms with Gasteiger partial charge in [-0.1, -0.05) is 17.7 Å². The molecule has 0 radical (unpaired) electrons. The van der Waals surface area contributed by atoms with Crippen LogP contribution in [0.1, 0.15) is 30.7 Å². The minimum atomic E-state index is -4.32. The van der Waals surface area contributed by atoms with Crippen LogP contribution in [0.25, 0.3) is 0 Å². The van der Waals surface area contributed by atoms with Gasteiger partial charge >= 0.3 is 6.18 Å². The number of carbonyl (C=O) groups is 1. The molecule has 2 heterocycles. The van der Waals surface area contributed by atoms with Crippen LogP contribution in [-0.2, 0) is 4.79 Å². The van der Waals surface area contributed by atoms with E-state index in [1.54, 1.807) is 25.6 Å². The smallest absolute Gasteiger partial charge is 0.395 e. The Kier molecular flexibility index (Phi) is 8.25. The zero-order valence-corrected chi connectivity index (χ0v) is 16.5. The fraction of sp³-hybridized carbons (Fsp3) is 0.400. The number of nitrogens with zero attached hydrogens (tertiary/aromatic N) is 2. The third-order valence-electron chi connectivity index (χ3n) is 4.54. The van der Waals surface area contributed by atoms with Crippen LogP contribution in [0.2, 0.25) is 5.02 Å². The van der Waals surface area contributed by atoms with Crippen molar-refractivity contribution in [1.29, 1.82) is 0 Å². The van der Waals surface area contributed by atoms with Gasteiger partial charge in [-0.05, 0) is 37.0 Å². The summed E-state index contributed by atoms with van der Waals surface area (Å²) in [6.45, 7) is 1.68. The number of rotatable bonds is 4. The Morgan fingerprint density at radius 1 is 1.28 bits per heavy atom. The molecule has 2 aromatic rings. The average Bonchev–Trinajstić information content (AvgIpc) is 2.68. The number of pyridine rings is 1. The average molecular weight is 433 g/mol. The molecular weight excluding hydrogens is 412 g/mol. The highest BCUT2D eigenvalue weighted by Gasteiger charge is 2.27. The Hall–Kier alpha value is -2.35. The standard InChI is InChI=1S/C17H18ClFN2O.C3H3F3O/c1-22-16-4-2-3-14(19)17(16)12-6-9-21(10-7-12)15-5-8-20-11-13(15)18;4-3(5,6)1-2-7/h2-5,8,11-12H,6-7,9-10H2,1H3;2H,1H2. The zero-order valence-electron chi connectivity index (χ0n) is 15.8. The number of methoxy groups -OCH3 is 1. The second-order valence-electron chi connectivity index (χ2n) is 6.43. The number of carbonyl (C=O) groups excluding carboxylic acids is 1. The zero-order chi connectivity index (χ0) is 21.4. The summed E-state index contributed by atoms with van der Waals surface area (Å²) < 4.78 is 52.0. The molecule has 0 saturated carbocycles. The number of halogens is 5. The van der Waals surface area contributed by atoms with Gasteiger partial charge in [-0.25, -0.2) is 4.39 Å². The summed E-state index contributed by atoms with van der Waals surface area (Å²) in [4.78, 5) is 15.3. The van der Waals surface area contributed by atoms with Crippen molar-refractivity contribution >= 4 is 23.6 Å². The van der Waals surface area contributed by atoms with Crippen molar-refractivity contribution in [3.05, 3.63) is 53.1 Å². The third kappa shape index (κ3) is 6.59. The molecule has 158 valence electrons. The Bertz CT molecular complexity index is 809. The van der Waals surface area contributed by atoms with E-state index in [2.05, 4.69) is 9.88 Å². The van der Waals surface area contributed by atoms with Gasteiger partial charge in [0.15, 0.2) is 0 Å². The van der Waals surface area contributed by atoms with Crippen molar-refractivity contribution in [3.8, 4) is 5.75 Å². The molecule has 4 nitrogen and oxygen atoms in total. The highest BCUT2D eigenvalue weighted by Crippen LogP contribution is 2.38. The molecule has 1 aromatic carbocycles. The number of hydrogen-bond donors (Lipinski definition) is 0. The van der Waals surface area contributed by atoms with Crippen molar-refractivity contribution in [1.82, 2.24) is 4.98 Å². The van der Waals surface area contributed by atoms with Crippen molar-refractivity contribution in [3.63, 3.8) is 0 Å². The first-order valence-corrected chi connectivity index (χ1v) is 9.32. The van der Waals surface area contributed by atoms with E-state index in [9.17, 15) is 17.6 Å². The fourth-order valence-electron chi connectivity index (χ4n) is 3.22. The van der Waals surface area contributed by atoms with Crippen LogP contribution in [0.15, 0.2) is 36.7 Å². The van der Waals surface area contributed by atoms with E-state index in [1.165, 1.54) is 6.07 Å². The lowest BCUT2D eigenvalue weighted by atomic mass is 9.88. The highest BCUT2D eigenvalue weighted by atomic mass is 35.5. The van der Waals surface area contributed by atoms with Crippen LogP contribution < -0.4 is 9.64 Å². The fourth-order valence-corrected chi connectivity index (χ4v) is 3.46. The van der Waals surface area contributed by atoms with Crippen LogP contribution in [-0.4, -0.2) is 37.6 Å². The number of ether oxygens (including phenoxy) is 1. The van der Waals surface area contributed by atoms with Gasteiger partial charge < -0.3 is 14.4 Å². The quantitative estimate of drug-likeness (QED) is 0.479. The maximum Gasteiger partial charge on any atom is 0.395 e. The largest absolute Gasteiger partial charge is 0.496 e. The first kappa shape index (κ1) is 22.9. The summed E-state index contributed by atoms with van der Waals surface area (Å²) in [7, 11) is 1.59. The maximum absolute atomic E-state index is 14.2. The normalized spacial score (nSPS) is 14.8. The molecule has 0 atom stereocenters. The van der Waals surface area contributed by atoms with Crippen LogP contribution in [0, 0.1) is 5.82 Å². The lowest BCUT2D eigenvalue weighted by Gasteiger charge is -2.34. The molecule has 9 heteroatoms. The van der Waals surface area contributed by atoms with Crippen LogP contribution >= 0.6 is 11.6 Å². The SMILES string of the molecule is COc1cccc(F)c1C1CCN(c2ccncc2Cl)CC1.O=CCC(F)(F)F. The Morgan fingerprint density at radius 3 is 2.48 bits per heavy atom. The Balaban J connectivity index is 0.000000370. The molecule has 3 rings (SSSR count). The molecular formula is C20H21ClF4N2O2. The molecule has 1 aliphatic heterocycles. The van der Waals surface area contributed by atoms with Crippen molar-refractivity contribution in [2.45, 2.75) is 31.4 Å². The summed E-state index contributed by atoms with van der Waals surface area (Å²) in [5, 5.41) is 0.657. The van der Waals surface area contributed by atoms with E-state index in [1.807, 2.05) is 12.1 Å². The number of benzene rings is 1. The van der Waals surface area contributed by atoms with Crippen LogP contribution in [0.5, 0.6) is 5.75 Å². The Labute approximate surface area is 171 Å². The molecule has 29 heavy (non-hydrogen) atoms. The number of hydrogen-bond acceptors (Lipinski definition) is 4. The van der Waals surface area contributed by atoms with Gasteiger partial charge in [0.25, 0.3) is 0 Å². The third-order valence-corrected chi connectivity index (χ3v) is 4.83. The van der Waals surface area contributed by atoms with E-state index >= 15 is 0 Å². The summed E-state index contributed by atoms with van der Waals surface area (Å²) in [6, 6.07) is 6.93. The number of anilines is 1. The van der Waals surface area contributed by atoms with Crippen molar-refractivity contribution in [2.75, 3.05) is 25.1 Å². The molecule has 0 N–H and O–H groups in total. The van der Waals surface area contributed by atoms with E-state index in [4.69, 9.17) is 21.1 Å². The summed E-state index contributed by atoms with van der Waals surface area (Å²) >= 11 is 6.20. The lowest BCUT2D eigenvalue weighted by molar-refractivity contribution is -0.144. The van der Waals surface area contributed by atoms with E-state index in [-0.39, 0.29) is 18.0 Å². The van der Waals surface area contributed by atoms with Crippen molar-refractivity contribution in [2.24, 2.45) is 0 Å². The first-order chi connectivity index (χ1) is 13.8. The lowest BCUT2D eigenvalue weighted by Crippen LogP contribution is -2.33. The summed E-state index contributed by atoms with van der Waals surface area (Å²) in [6.07, 6.45) is -0.684. The molecule has 1 aliphatic rings. The Morgan fingerprint density at radius 2 is 1.97 bits per heavy atom.